The number of hydrogen-bond acceptors (Lipinski definition) is 0. The highest BCUT2D eigenvalue weighted by Crippen LogP contribution is 2.38. The van der Waals surface area contributed by atoms with Crippen molar-refractivity contribution >= 4 is 0 Å². The summed E-state index contributed by atoms with van der Waals surface area (Å²) >= 11 is 0. The van der Waals surface area contributed by atoms with Crippen LogP contribution in [0.1, 0.15) is 56.9 Å². The molecule has 1 fully saturated rings. The van der Waals surface area contributed by atoms with Crippen LogP contribution in [0.25, 0.3) is 11.1 Å². The Morgan fingerprint density at radius 3 is 2.26 bits per heavy atom. The standard InChI is InChI=1S/C21H24F2/c1-2-4-15-7-9-16(10-8-15)17-11-13-18(14-12-17)19-5-3-6-20(22)21(19)23/h3,5-6,11-16H,2,4,7-10H2,1H3. The van der Waals surface area contributed by atoms with Crippen molar-refractivity contribution in [3.05, 3.63) is 59.7 Å². The van der Waals surface area contributed by atoms with Crippen LogP contribution in [0.5, 0.6) is 0 Å². The van der Waals surface area contributed by atoms with Gasteiger partial charge in [0, 0.05) is 5.56 Å². The van der Waals surface area contributed by atoms with Crippen LogP contribution in [0.3, 0.4) is 0 Å². The molecule has 3 rings (SSSR count). The molecule has 122 valence electrons. The Kier molecular flexibility index (Phi) is 5.09. The zero-order chi connectivity index (χ0) is 16.2. The minimum absolute atomic E-state index is 0.336. The first-order chi connectivity index (χ1) is 11.2. The lowest BCUT2D eigenvalue weighted by atomic mass is 9.77. The normalized spacial score (nSPS) is 21.3. The Morgan fingerprint density at radius 2 is 1.61 bits per heavy atom. The Morgan fingerprint density at radius 1 is 0.913 bits per heavy atom. The molecule has 0 aromatic heterocycles. The summed E-state index contributed by atoms with van der Waals surface area (Å²) in [5.74, 6) is -0.0347. The molecule has 2 aromatic carbocycles. The SMILES string of the molecule is CCCC1CCC(c2ccc(-c3cccc(F)c3F)cc2)CC1. The van der Waals surface area contributed by atoms with E-state index in [1.807, 2.05) is 12.1 Å². The summed E-state index contributed by atoms with van der Waals surface area (Å²) < 4.78 is 27.2. The molecule has 0 aliphatic heterocycles. The van der Waals surface area contributed by atoms with Crippen molar-refractivity contribution in [1.29, 1.82) is 0 Å². The number of rotatable bonds is 4. The van der Waals surface area contributed by atoms with Crippen LogP contribution in [0.4, 0.5) is 8.78 Å². The van der Waals surface area contributed by atoms with E-state index in [0.717, 1.165) is 17.5 Å². The molecule has 1 aliphatic rings. The van der Waals surface area contributed by atoms with Crippen LogP contribution in [0.15, 0.2) is 42.5 Å². The first kappa shape index (κ1) is 16.2. The topological polar surface area (TPSA) is 0 Å². The number of halogens is 2. The zero-order valence-electron chi connectivity index (χ0n) is 13.7. The molecule has 1 saturated carbocycles. The number of hydrogen-bond donors (Lipinski definition) is 0. The summed E-state index contributed by atoms with van der Waals surface area (Å²) in [6, 6.07) is 12.4. The summed E-state index contributed by atoms with van der Waals surface area (Å²) in [5, 5.41) is 0. The summed E-state index contributed by atoms with van der Waals surface area (Å²) in [5.41, 5.74) is 2.41. The van der Waals surface area contributed by atoms with Crippen molar-refractivity contribution in [2.45, 2.75) is 51.4 Å². The highest BCUT2D eigenvalue weighted by Gasteiger charge is 2.21. The summed E-state index contributed by atoms with van der Waals surface area (Å²) in [7, 11) is 0. The van der Waals surface area contributed by atoms with Crippen LogP contribution < -0.4 is 0 Å². The van der Waals surface area contributed by atoms with E-state index in [-0.39, 0.29) is 0 Å². The smallest absolute Gasteiger partial charge is 0.166 e. The van der Waals surface area contributed by atoms with Gasteiger partial charge in [0.05, 0.1) is 0 Å². The molecule has 0 amide bonds. The maximum Gasteiger partial charge on any atom is 0.166 e. The second-order valence-electron chi connectivity index (χ2n) is 6.73. The molecule has 0 saturated heterocycles. The lowest BCUT2D eigenvalue weighted by Gasteiger charge is -2.28. The molecular weight excluding hydrogens is 290 g/mol. The second-order valence-corrected chi connectivity index (χ2v) is 6.73. The predicted molar refractivity (Wildman–Crippen MR) is 91.4 cm³/mol. The molecule has 23 heavy (non-hydrogen) atoms. The van der Waals surface area contributed by atoms with Gasteiger partial charge in [-0.1, -0.05) is 56.2 Å². The molecule has 0 nitrogen and oxygen atoms in total. The van der Waals surface area contributed by atoms with Gasteiger partial charge in [0.25, 0.3) is 0 Å². The molecule has 0 radical (unpaired) electrons. The van der Waals surface area contributed by atoms with E-state index in [2.05, 4.69) is 19.1 Å². The predicted octanol–water partition coefficient (Wildman–Crippen LogP) is 6.71. The van der Waals surface area contributed by atoms with E-state index < -0.39 is 11.6 Å². The van der Waals surface area contributed by atoms with Crippen LogP contribution in [0, 0.1) is 17.6 Å². The highest BCUT2D eigenvalue weighted by molar-refractivity contribution is 5.64. The molecular formula is C21H24F2. The molecule has 0 N–H and O–H groups in total. The first-order valence-corrected chi connectivity index (χ1v) is 8.73. The van der Waals surface area contributed by atoms with E-state index in [1.54, 1.807) is 12.1 Å². The van der Waals surface area contributed by atoms with Gasteiger partial charge in [0.2, 0.25) is 0 Å². The minimum Gasteiger partial charge on any atom is -0.204 e. The van der Waals surface area contributed by atoms with Crippen LogP contribution in [-0.2, 0) is 0 Å². The lowest BCUT2D eigenvalue weighted by Crippen LogP contribution is -2.13. The number of benzene rings is 2. The Hall–Kier alpha value is -1.70. The monoisotopic (exact) mass is 314 g/mol. The van der Waals surface area contributed by atoms with Gasteiger partial charge >= 0.3 is 0 Å². The van der Waals surface area contributed by atoms with Gasteiger partial charge in [0.15, 0.2) is 11.6 Å². The Balaban J connectivity index is 1.72. The fourth-order valence-electron chi connectivity index (χ4n) is 3.85. The van der Waals surface area contributed by atoms with E-state index in [1.165, 1.54) is 44.1 Å². The zero-order valence-corrected chi connectivity index (χ0v) is 13.7. The average Bonchev–Trinajstić information content (AvgIpc) is 2.59. The third kappa shape index (κ3) is 3.63. The minimum atomic E-state index is -0.791. The third-order valence-corrected chi connectivity index (χ3v) is 5.19. The second kappa shape index (κ2) is 7.25. The van der Waals surface area contributed by atoms with Gasteiger partial charge in [-0.05, 0) is 54.7 Å². The first-order valence-electron chi connectivity index (χ1n) is 8.73. The molecule has 2 heteroatoms. The largest absolute Gasteiger partial charge is 0.204 e. The van der Waals surface area contributed by atoms with E-state index in [0.29, 0.717) is 11.5 Å². The Bertz CT molecular complexity index is 637. The van der Waals surface area contributed by atoms with Crippen LogP contribution in [0.2, 0.25) is 0 Å². The molecule has 0 bridgehead atoms. The lowest BCUT2D eigenvalue weighted by molar-refractivity contribution is 0.308. The van der Waals surface area contributed by atoms with E-state index in [9.17, 15) is 8.78 Å². The molecule has 0 unspecified atom stereocenters. The average molecular weight is 314 g/mol. The van der Waals surface area contributed by atoms with Gasteiger partial charge in [-0.3, -0.25) is 0 Å². The van der Waals surface area contributed by atoms with E-state index >= 15 is 0 Å². The molecule has 0 spiro atoms. The van der Waals surface area contributed by atoms with Crippen molar-refractivity contribution in [3.63, 3.8) is 0 Å². The summed E-state index contributed by atoms with van der Waals surface area (Å²) in [4.78, 5) is 0. The van der Waals surface area contributed by atoms with Gasteiger partial charge in [-0.15, -0.1) is 0 Å². The molecule has 1 aliphatic carbocycles. The van der Waals surface area contributed by atoms with Crippen molar-refractivity contribution in [2.24, 2.45) is 5.92 Å². The van der Waals surface area contributed by atoms with Crippen molar-refractivity contribution in [2.75, 3.05) is 0 Å². The maximum atomic E-state index is 13.9. The fraction of sp³-hybridized carbons (Fsp3) is 0.429. The molecule has 0 atom stereocenters. The highest BCUT2D eigenvalue weighted by atomic mass is 19.2. The summed E-state index contributed by atoms with van der Waals surface area (Å²) in [6.45, 7) is 2.26. The fourth-order valence-corrected chi connectivity index (χ4v) is 3.85. The maximum absolute atomic E-state index is 13.9. The summed E-state index contributed by atoms with van der Waals surface area (Å²) in [6.07, 6.45) is 7.77. The quantitative estimate of drug-likeness (QED) is 0.588. The van der Waals surface area contributed by atoms with Crippen molar-refractivity contribution in [1.82, 2.24) is 0 Å². The van der Waals surface area contributed by atoms with Gasteiger partial charge in [-0.2, -0.15) is 0 Å². The van der Waals surface area contributed by atoms with Crippen molar-refractivity contribution in [3.8, 4) is 11.1 Å². The molecule has 2 aromatic rings. The molecule has 0 heterocycles. The van der Waals surface area contributed by atoms with Crippen LogP contribution in [-0.4, -0.2) is 0 Å². The van der Waals surface area contributed by atoms with Gasteiger partial charge in [-0.25, -0.2) is 8.78 Å². The third-order valence-electron chi connectivity index (χ3n) is 5.19. The Labute approximate surface area is 137 Å². The van der Waals surface area contributed by atoms with Crippen molar-refractivity contribution < 1.29 is 8.78 Å². The van der Waals surface area contributed by atoms with Gasteiger partial charge < -0.3 is 0 Å². The van der Waals surface area contributed by atoms with Gasteiger partial charge in [0.1, 0.15) is 0 Å². The van der Waals surface area contributed by atoms with E-state index in [4.69, 9.17) is 0 Å². The van der Waals surface area contributed by atoms with Crippen LogP contribution >= 0.6 is 0 Å².